The number of fused-ring (bicyclic) bond motifs is 1. The fraction of sp³-hybridized carbons (Fsp3) is 0.111. The smallest absolute Gasteiger partial charge is 0.300 e. The van der Waals surface area contributed by atoms with E-state index in [0.717, 1.165) is 16.5 Å². The lowest BCUT2D eigenvalue weighted by molar-refractivity contribution is -0.132. The van der Waals surface area contributed by atoms with E-state index in [1.807, 2.05) is 43.3 Å². The topological polar surface area (TPSA) is 82.6 Å². The van der Waals surface area contributed by atoms with Crippen LogP contribution in [0.2, 0.25) is 10.0 Å². The fourth-order valence-corrected chi connectivity index (χ4v) is 5.08. The highest BCUT2D eigenvalue weighted by molar-refractivity contribution is 6.52. The summed E-state index contributed by atoms with van der Waals surface area (Å²) in [5.74, 6) is -1.85. The van der Waals surface area contributed by atoms with Crippen molar-refractivity contribution < 1.29 is 19.4 Å². The summed E-state index contributed by atoms with van der Waals surface area (Å²) in [4.78, 5) is 31.5. The van der Waals surface area contributed by atoms with Crippen molar-refractivity contribution in [1.29, 1.82) is 0 Å². The number of ketones is 1. The Morgan fingerprint density at radius 1 is 1.06 bits per heavy atom. The van der Waals surface area contributed by atoms with Gasteiger partial charge in [-0.2, -0.15) is 0 Å². The second kappa shape index (κ2) is 8.80. The van der Waals surface area contributed by atoms with Crippen molar-refractivity contribution in [2.75, 3.05) is 12.0 Å². The third-order valence-corrected chi connectivity index (χ3v) is 6.64. The molecule has 0 saturated carbocycles. The molecule has 8 heteroatoms. The van der Waals surface area contributed by atoms with Gasteiger partial charge < -0.3 is 14.8 Å². The molecule has 1 aliphatic rings. The number of halogens is 2. The minimum atomic E-state index is -0.906. The SMILES string of the molecule is COc1c(Cl)cc(Cl)cc1/C(O)=C1\C(=O)C(=O)N(c2ccc(C)cc2)C1c1c[nH]c2ccccc12. The number of Topliss-reactive ketones (excluding diaryl/α,β-unsaturated/α-hetero) is 1. The van der Waals surface area contributed by atoms with Gasteiger partial charge in [-0.05, 0) is 37.3 Å². The zero-order valence-electron chi connectivity index (χ0n) is 18.8. The van der Waals surface area contributed by atoms with Gasteiger partial charge >= 0.3 is 0 Å². The van der Waals surface area contributed by atoms with Gasteiger partial charge in [0.15, 0.2) is 0 Å². The van der Waals surface area contributed by atoms with Crippen molar-refractivity contribution in [2.45, 2.75) is 13.0 Å². The van der Waals surface area contributed by atoms with Crippen LogP contribution in [0.3, 0.4) is 0 Å². The summed E-state index contributed by atoms with van der Waals surface area (Å²) in [5.41, 5.74) is 3.07. The second-order valence-corrected chi connectivity index (χ2v) is 9.11. The Labute approximate surface area is 211 Å². The third kappa shape index (κ3) is 3.75. The Morgan fingerprint density at radius 3 is 2.49 bits per heavy atom. The summed E-state index contributed by atoms with van der Waals surface area (Å²) in [5, 5.41) is 12.7. The first kappa shape index (κ1) is 23.0. The molecule has 0 bridgehead atoms. The lowest BCUT2D eigenvalue weighted by Crippen LogP contribution is -2.29. The van der Waals surface area contributed by atoms with E-state index in [9.17, 15) is 14.7 Å². The number of ether oxygens (including phenoxy) is 1. The van der Waals surface area contributed by atoms with Crippen LogP contribution in [-0.2, 0) is 9.59 Å². The first-order chi connectivity index (χ1) is 16.8. The van der Waals surface area contributed by atoms with Crippen molar-refractivity contribution in [1.82, 2.24) is 4.98 Å². The maximum atomic E-state index is 13.5. The molecule has 0 radical (unpaired) electrons. The van der Waals surface area contributed by atoms with Crippen LogP contribution in [0.5, 0.6) is 5.75 Å². The molecule has 3 aromatic carbocycles. The second-order valence-electron chi connectivity index (χ2n) is 8.26. The van der Waals surface area contributed by atoms with Gasteiger partial charge in [-0.25, -0.2) is 0 Å². The Bertz CT molecular complexity index is 1520. The van der Waals surface area contributed by atoms with E-state index < -0.39 is 23.5 Å². The zero-order chi connectivity index (χ0) is 24.9. The average molecular weight is 507 g/mol. The third-order valence-electron chi connectivity index (χ3n) is 6.14. The van der Waals surface area contributed by atoms with Gasteiger partial charge in [0.1, 0.15) is 11.5 Å². The minimum Gasteiger partial charge on any atom is -0.507 e. The predicted octanol–water partition coefficient (Wildman–Crippen LogP) is 6.42. The quantitative estimate of drug-likeness (QED) is 0.190. The first-order valence-corrected chi connectivity index (χ1v) is 11.5. The van der Waals surface area contributed by atoms with Gasteiger partial charge in [-0.3, -0.25) is 14.5 Å². The van der Waals surface area contributed by atoms with E-state index in [1.54, 1.807) is 18.3 Å². The summed E-state index contributed by atoms with van der Waals surface area (Å²) < 4.78 is 5.39. The number of carbonyl (C=O) groups is 2. The largest absolute Gasteiger partial charge is 0.507 e. The number of methoxy groups -OCH3 is 1. The van der Waals surface area contributed by atoms with Crippen LogP contribution in [-0.4, -0.2) is 28.9 Å². The Kier molecular flexibility index (Phi) is 5.79. The lowest BCUT2D eigenvalue weighted by atomic mass is 9.94. The summed E-state index contributed by atoms with van der Waals surface area (Å²) in [6.07, 6.45) is 1.75. The Balaban J connectivity index is 1.82. The number of carbonyl (C=O) groups excluding carboxylic acids is 2. The molecule has 1 aromatic heterocycles. The number of aromatic amines is 1. The van der Waals surface area contributed by atoms with Crippen LogP contribution >= 0.6 is 23.2 Å². The van der Waals surface area contributed by atoms with E-state index in [2.05, 4.69) is 4.98 Å². The maximum absolute atomic E-state index is 13.5. The first-order valence-electron chi connectivity index (χ1n) is 10.8. The number of aliphatic hydroxyl groups is 1. The summed E-state index contributed by atoms with van der Waals surface area (Å²) in [6.45, 7) is 1.93. The van der Waals surface area contributed by atoms with Crippen molar-refractivity contribution in [3.05, 3.63) is 99.2 Å². The molecule has 0 spiro atoms. The van der Waals surface area contributed by atoms with Crippen LogP contribution in [0.1, 0.15) is 22.7 Å². The summed E-state index contributed by atoms with van der Waals surface area (Å²) in [7, 11) is 1.40. The van der Waals surface area contributed by atoms with E-state index in [4.69, 9.17) is 27.9 Å². The molecule has 1 aliphatic heterocycles. The standard InChI is InChI=1S/C27H20Cl2N2O4/c1-14-7-9-16(10-8-14)31-23(19-13-30-21-6-4-3-5-17(19)21)22(25(33)27(31)34)24(32)18-11-15(28)12-20(29)26(18)35-2/h3-13,23,30,32H,1-2H3/b24-22+. The number of benzene rings is 3. The van der Waals surface area contributed by atoms with Gasteiger partial charge in [0.2, 0.25) is 0 Å². The number of hydrogen-bond donors (Lipinski definition) is 2. The highest BCUT2D eigenvalue weighted by Gasteiger charge is 2.48. The number of H-pyrrole nitrogens is 1. The van der Waals surface area contributed by atoms with Crippen molar-refractivity contribution in [3.63, 3.8) is 0 Å². The van der Waals surface area contributed by atoms with E-state index in [1.165, 1.54) is 24.1 Å². The van der Waals surface area contributed by atoms with Crippen LogP contribution in [0, 0.1) is 6.92 Å². The molecule has 1 amide bonds. The minimum absolute atomic E-state index is 0.0861. The van der Waals surface area contributed by atoms with Crippen LogP contribution in [0.4, 0.5) is 5.69 Å². The van der Waals surface area contributed by atoms with E-state index in [0.29, 0.717) is 11.3 Å². The number of aromatic nitrogens is 1. The van der Waals surface area contributed by atoms with Crippen molar-refractivity contribution in [2.24, 2.45) is 0 Å². The fourth-order valence-electron chi connectivity index (χ4n) is 4.51. The highest BCUT2D eigenvalue weighted by atomic mass is 35.5. The molecule has 176 valence electrons. The predicted molar refractivity (Wildman–Crippen MR) is 137 cm³/mol. The number of nitrogens with zero attached hydrogens (tertiary/aromatic N) is 1. The van der Waals surface area contributed by atoms with Gasteiger partial charge in [-0.1, -0.05) is 59.1 Å². The molecule has 35 heavy (non-hydrogen) atoms. The number of aliphatic hydroxyl groups excluding tert-OH is 1. The number of nitrogens with one attached hydrogen (secondary N) is 1. The normalized spacial score (nSPS) is 17.4. The number of para-hydroxylation sites is 1. The lowest BCUT2D eigenvalue weighted by Gasteiger charge is -2.25. The molecule has 2 heterocycles. The Hall–Kier alpha value is -3.74. The van der Waals surface area contributed by atoms with Gasteiger partial charge in [-0.15, -0.1) is 0 Å². The molecule has 1 atom stereocenters. The molecule has 6 nitrogen and oxygen atoms in total. The van der Waals surface area contributed by atoms with Gasteiger partial charge in [0, 0.05) is 33.4 Å². The summed E-state index contributed by atoms with van der Waals surface area (Å²) >= 11 is 12.5. The molecule has 1 fully saturated rings. The van der Waals surface area contributed by atoms with Crippen molar-refractivity contribution >= 4 is 57.2 Å². The molecular formula is C27H20Cl2N2O4. The highest BCUT2D eigenvalue weighted by Crippen LogP contribution is 2.46. The molecule has 4 aromatic rings. The van der Waals surface area contributed by atoms with Crippen molar-refractivity contribution in [3.8, 4) is 5.75 Å². The van der Waals surface area contributed by atoms with Crippen LogP contribution < -0.4 is 9.64 Å². The zero-order valence-corrected chi connectivity index (χ0v) is 20.3. The van der Waals surface area contributed by atoms with E-state index in [-0.39, 0.29) is 26.9 Å². The van der Waals surface area contributed by atoms with Gasteiger partial charge in [0.05, 0.1) is 29.3 Å². The molecular weight excluding hydrogens is 487 g/mol. The summed E-state index contributed by atoms with van der Waals surface area (Å²) in [6, 6.07) is 16.9. The monoisotopic (exact) mass is 506 g/mol. The number of amides is 1. The molecule has 0 aliphatic carbocycles. The molecule has 5 rings (SSSR count). The number of anilines is 1. The molecule has 2 N–H and O–H groups in total. The van der Waals surface area contributed by atoms with Gasteiger partial charge in [0.25, 0.3) is 11.7 Å². The van der Waals surface area contributed by atoms with Crippen LogP contribution in [0.15, 0.2) is 72.4 Å². The number of rotatable bonds is 4. The number of aryl methyl sites for hydroxylation is 1. The number of hydrogen-bond acceptors (Lipinski definition) is 4. The molecule has 1 saturated heterocycles. The van der Waals surface area contributed by atoms with E-state index >= 15 is 0 Å². The average Bonchev–Trinajstić information content (AvgIpc) is 3.37. The van der Waals surface area contributed by atoms with Crippen LogP contribution in [0.25, 0.3) is 16.7 Å². The Morgan fingerprint density at radius 2 is 1.77 bits per heavy atom. The maximum Gasteiger partial charge on any atom is 0.300 e. The molecule has 1 unspecified atom stereocenters.